The molecule has 8 heteroatoms. The Balaban J connectivity index is 1.48. The largest absolute Gasteiger partial charge is 0.454 e. The lowest BCUT2D eigenvalue weighted by Crippen LogP contribution is -2.35. The van der Waals surface area contributed by atoms with E-state index < -0.39 is 5.91 Å². The van der Waals surface area contributed by atoms with Crippen molar-refractivity contribution < 1.29 is 14.3 Å². The number of nitrogens with one attached hydrogen (secondary N) is 1. The van der Waals surface area contributed by atoms with Crippen molar-refractivity contribution in [1.29, 1.82) is 5.41 Å². The fraction of sp³-hybridized carbons (Fsp3) is 0.100. The van der Waals surface area contributed by atoms with E-state index in [-0.39, 0.29) is 18.2 Å². The number of hydrogen-bond acceptors (Lipinski definition) is 6. The van der Waals surface area contributed by atoms with E-state index in [9.17, 15) is 4.79 Å². The van der Waals surface area contributed by atoms with Crippen LogP contribution in [0.5, 0.6) is 11.5 Å². The number of carbonyl (C=O) groups is 1. The molecule has 5 rings (SSSR count). The molecule has 2 aromatic carbocycles. The van der Waals surface area contributed by atoms with E-state index in [1.165, 1.54) is 16.8 Å². The van der Waals surface area contributed by atoms with Crippen molar-refractivity contribution in [2.75, 3.05) is 6.79 Å². The SMILES string of the molecule is Cc1ccc(C2=NN3C(=N)C(=Cc4ccc5c(c4)OCO5)C(=O)N=C3S2)cc1. The molecule has 0 bridgehead atoms. The monoisotopic (exact) mass is 390 g/mol. The molecule has 1 amide bonds. The van der Waals surface area contributed by atoms with E-state index in [1.54, 1.807) is 24.3 Å². The summed E-state index contributed by atoms with van der Waals surface area (Å²) >= 11 is 1.29. The number of aryl methyl sites for hydroxylation is 1. The molecule has 0 saturated heterocycles. The number of hydrazone groups is 1. The molecule has 3 aliphatic heterocycles. The second-order valence-corrected chi connectivity index (χ2v) is 7.36. The highest BCUT2D eigenvalue weighted by molar-refractivity contribution is 8.27. The zero-order chi connectivity index (χ0) is 19.3. The highest BCUT2D eigenvalue weighted by Crippen LogP contribution is 2.34. The van der Waals surface area contributed by atoms with E-state index in [0.29, 0.717) is 21.7 Å². The summed E-state index contributed by atoms with van der Waals surface area (Å²) in [5.41, 5.74) is 2.98. The van der Waals surface area contributed by atoms with Gasteiger partial charge in [-0.05, 0) is 42.5 Å². The first-order valence-electron chi connectivity index (χ1n) is 8.55. The van der Waals surface area contributed by atoms with Crippen LogP contribution in [0.1, 0.15) is 16.7 Å². The minimum Gasteiger partial charge on any atom is -0.454 e. The molecular weight excluding hydrogens is 376 g/mol. The third kappa shape index (κ3) is 2.78. The van der Waals surface area contributed by atoms with Crippen LogP contribution in [-0.2, 0) is 4.79 Å². The molecule has 7 nitrogen and oxygen atoms in total. The molecule has 1 N–H and O–H groups in total. The number of nitrogens with zero attached hydrogens (tertiary/aromatic N) is 3. The molecule has 2 aromatic rings. The Kier molecular flexibility index (Phi) is 3.80. The standard InChI is InChI=1S/C20H14N4O3S/c1-11-2-5-13(6-3-11)19-23-24-17(21)14(18(25)22-20(24)28-19)8-12-4-7-15-16(9-12)27-10-26-15/h2-9,21H,10H2,1H3. The number of benzene rings is 2. The van der Waals surface area contributed by atoms with Crippen molar-refractivity contribution in [3.8, 4) is 11.5 Å². The number of amidine groups is 2. The van der Waals surface area contributed by atoms with Gasteiger partial charge in [-0.15, -0.1) is 0 Å². The molecule has 0 radical (unpaired) electrons. The van der Waals surface area contributed by atoms with Crippen LogP contribution in [0.15, 0.2) is 58.1 Å². The summed E-state index contributed by atoms with van der Waals surface area (Å²) < 4.78 is 10.7. The number of fused-ring (bicyclic) bond motifs is 2. The summed E-state index contributed by atoms with van der Waals surface area (Å²) in [7, 11) is 0. The van der Waals surface area contributed by atoms with Gasteiger partial charge in [0.25, 0.3) is 5.91 Å². The van der Waals surface area contributed by atoms with Crippen LogP contribution in [0.25, 0.3) is 6.08 Å². The summed E-state index contributed by atoms with van der Waals surface area (Å²) in [4.78, 5) is 16.7. The molecule has 0 aromatic heterocycles. The molecule has 3 heterocycles. The summed E-state index contributed by atoms with van der Waals surface area (Å²) in [5, 5.41) is 15.5. The Labute approximate surface area is 164 Å². The molecule has 0 saturated carbocycles. The molecule has 0 atom stereocenters. The number of thioether (sulfide) groups is 1. The molecule has 3 aliphatic rings. The minimum absolute atomic E-state index is 0.00211. The fourth-order valence-corrected chi connectivity index (χ4v) is 3.87. The maximum Gasteiger partial charge on any atom is 0.283 e. The van der Waals surface area contributed by atoms with E-state index in [2.05, 4.69) is 10.1 Å². The summed E-state index contributed by atoms with van der Waals surface area (Å²) in [6, 6.07) is 13.3. The zero-order valence-corrected chi connectivity index (χ0v) is 15.6. The van der Waals surface area contributed by atoms with Crippen molar-refractivity contribution in [3.63, 3.8) is 0 Å². The smallest absolute Gasteiger partial charge is 0.283 e. The maximum atomic E-state index is 12.5. The lowest BCUT2D eigenvalue weighted by molar-refractivity contribution is -0.114. The number of aliphatic imine (C=N–C) groups is 1. The molecule has 28 heavy (non-hydrogen) atoms. The predicted molar refractivity (Wildman–Crippen MR) is 108 cm³/mol. The normalized spacial score (nSPS) is 19.0. The van der Waals surface area contributed by atoms with Gasteiger partial charge in [0.05, 0.1) is 5.57 Å². The van der Waals surface area contributed by atoms with Gasteiger partial charge in [-0.2, -0.15) is 15.1 Å². The molecular formula is C20H14N4O3S. The van der Waals surface area contributed by atoms with Crippen LogP contribution in [-0.4, -0.2) is 33.8 Å². The van der Waals surface area contributed by atoms with Crippen LogP contribution in [0.3, 0.4) is 0 Å². The van der Waals surface area contributed by atoms with Crippen LogP contribution in [0.2, 0.25) is 0 Å². The molecule has 0 aliphatic carbocycles. The van der Waals surface area contributed by atoms with Gasteiger partial charge in [0.15, 0.2) is 17.3 Å². The van der Waals surface area contributed by atoms with Crippen LogP contribution >= 0.6 is 11.8 Å². The van der Waals surface area contributed by atoms with Gasteiger partial charge in [0.1, 0.15) is 5.04 Å². The average Bonchev–Trinajstić information content (AvgIpc) is 3.32. The number of amides is 1. The van der Waals surface area contributed by atoms with Gasteiger partial charge in [-0.3, -0.25) is 10.2 Å². The minimum atomic E-state index is -0.457. The number of hydrogen-bond donors (Lipinski definition) is 1. The molecule has 0 unspecified atom stereocenters. The van der Waals surface area contributed by atoms with Gasteiger partial charge < -0.3 is 9.47 Å². The third-order valence-corrected chi connectivity index (χ3v) is 5.42. The lowest BCUT2D eigenvalue weighted by Gasteiger charge is -2.20. The van der Waals surface area contributed by atoms with Gasteiger partial charge in [-0.25, -0.2) is 0 Å². The Hall–Kier alpha value is -3.39. The quantitative estimate of drug-likeness (QED) is 0.794. The van der Waals surface area contributed by atoms with E-state index in [4.69, 9.17) is 14.9 Å². The second kappa shape index (κ2) is 6.35. The summed E-state index contributed by atoms with van der Waals surface area (Å²) in [6.45, 7) is 2.20. The van der Waals surface area contributed by atoms with Gasteiger partial charge in [0, 0.05) is 5.56 Å². The van der Waals surface area contributed by atoms with Crippen molar-refractivity contribution >= 4 is 39.8 Å². The molecule has 138 valence electrons. The topological polar surface area (TPSA) is 87.3 Å². The maximum absolute atomic E-state index is 12.5. The second-order valence-electron chi connectivity index (χ2n) is 6.40. The number of rotatable bonds is 2. The van der Waals surface area contributed by atoms with Gasteiger partial charge in [0.2, 0.25) is 12.0 Å². The first-order valence-corrected chi connectivity index (χ1v) is 9.37. The Bertz CT molecular complexity index is 1120. The van der Waals surface area contributed by atoms with Crippen LogP contribution < -0.4 is 9.47 Å². The summed E-state index contributed by atoms with van der Waals surface area (Å²) in [6.07, 6.45) is 1.62. The van der Waals surface area contributed by atoms with E-state index in [1.807, 2.05) is 31.2 Å². The molecule has 0 spiro atoms. The van der Waals surface area contributed by atoms with Crippen LogP contribution in [0.4, 0.5) is 0 Å². The Morgan fingerprint density at radius 3 is 2.75 bits per heavy atom. The predicted octanol–water partition coefficient (Wildman–Crippen LogP) is 3.39. The van der Waals surface area contributed by atoms with Crippen LogP contribution in [0, 0.1) is 12.3 Å². The van der Waals surface area contributed by atoms with Gasteiger partial charge >= 0.3 is 0 Å². The first-order chi connectivity index (χ1) is 13.6. The van der Waals surface area contributed by atoms with Gasteiger partial charge in [-0.1, -0.05) is 35.9 Å². The highest BCUT2D eigenvalue weighted by Gasteiger charge is 2.36. The van der Waals surface area contributed by atoms with Crippen molar-refractivity contribution in [2.45, 2.75) is 6.92 Å². The third-order valence-electron chi connectivity index (χ3n) is 4.46. The number of carbonyl (C=O) groups excluding carboxylic acids is 1. The zero-order valence-electron chi connectivity index (χ0n) is 14.8. The highest BCUT2D eigenvalue weighted by atomic mass is 32.2. The van der Waals surface area contributed by atoms with Crippen molar-refractivity contribution in [1.82, 2.24) is 5.01 Å². The van der Waals surface area contributed by atoms with E-state index in [0.717, 1.165) is 16.7 Å². The Morgan fingerprint density at radius 1 is 1.14 bits per heavy atom. The first kappa shape index (κ1) is 16.8. The van der Waals surface area contributed by atoms with Crippen molar-refractivity contribution in [2.24, 2.45) is 10.1 Å². The average molecular weight is 390 g/mol. The number of ether oxygens (including phenoxy) is 2. The molecule has 0 fully saturated rings. The summed E-state index contributed by atoms with van der Waals surface area (Å²) in [5.74, 6) is 0.824. The lowest BCUT2D eigenvalue weighted by atomic mass is 10.1. The Morgan fingerprint density at radius 2 is 1.93 bits per heavy atom. The fourth-order valence-electron chi connectivity index (χ4n) is 2.97. The van der Waals surface area contributed by atoms with Crippen molar-refractivity contribution in [3.05, 3.63) is 64.7 Å². The van der Waals surface area contributed by atoms with E-state index >= 15 is 0 Å².